The number of methoxy groups -OCH3 is 1. The number of amides is 1. The summed E-state index contributed by atoms with van der Waals surface area (Å²) in [5.41, 5.74) is 2.81. The number of hydrogen-bond donors (Lipinski definition) is 1. The van der Waals surface area contributed by atoms with Crippen LogP contribution in [0.15, 0.2) is 42.5 Å². The zero-order valence-corrected chi connectivity index (χ0v) is 11.9. The van der Waals surface area contributed by atoms with Crippen LogP contribution in [0.25, 0.3) is 0 Å². The maximum Gasteiger partial charge on any atom is 0.251 e. The van der Waals surface area contributed by atoms with Crippen molar-refractivity contribution in [2.24, 2.45) is 0 Å². The van der Waals surface area contributed by atoms with Crippen LogP contribution >= 0.6 is 0 Å². The van der Waals surface area contributed by atoms with E-state index in [9.17, 15) is 4.79 Å². The molecule has 0 atom stereocenters. The normalized spacial score (nSPS) is 12.4. The molecule has 2 aromatic carbocycles. The lowest BCUT2D eigenvalue weighted by Crippen LogP contribution is -2.22. The van der Waals surface area contributed by atoms with Gasteiger partial charge < -0.3 is 14.8 Å². The van der Waals surface area contributed by atoms with Gasteiger partial charge in [0.25, 0.3) is 5.91 Å². The average Bonchev–Trinajstić information content (AvgIpc) is 3.00. The van der Waals surface area contributed by atoms with Gasteiger partial charge in [0.05, 0.1) is 13.7 Å². The Morgan fingerprint density at radius 1 is 1.24 bits per heavy atom. The molecule has 0 radical (unpaired) electrons. The molecule has 0 aliphatic carbocycles. The summed E-state index contributed by atoms with van der Waals surface area (Å²) in [5.74, 6) is 1.63. The molecular formula is C17H17NO3. The van der Waals surface area contributed by atoms with Crippen LogP contribution in [0.2, 0.25) is 0 Å². The highest BCUT2D eigenvalue weighted by molar-refractivity contribution is 5.94. The molecule has 1 heterocycles. The molecule has 1 aliphatic heterocycles. The van der Waals surface area contributed by atoms with Crippen LogP contribution in [0.4, 0.5) is 0 Å². The Kier molecular flexibility index (Phi) is 3.77. The fraction of sp³-hybridized carbons (Fsp3) is 0.235. The number of carbonyl (C=O) groups excluding carboxylic acids is 1. The maximum atomic E-state index is 12.2. The van der Waals surface area contributed by atoms with Crippen molar-refractivity contribution < 1.29 is 14.3 Å². The van der Waals surface area contributed by atoms with Gasteiger partial charge in [0.2, 0.25) is 0 Å². The first kappa shape index (κ1) is 13.5. The molecule has 1 N–H and O–H groups in total. The van der Waals surface area contributed by atoms with Gasteiger partial charge in [-0.2, -0.15) is 0 Å². The summed E-state index contributed by atoms with van der Waals surface area (Å²) in [4.78, 5) is 12.2. The van der Waals surface area contributed by atoms with Gasteiger partial charge in [-0.15, -0.1) is 0 Å². The van der Waals surface area contributed by atoms with Gasteiger partial charge in [0, 0.05) is 18.5 Å². The zero-order chi connectivity index (χ0) is 14.7. The minimum Gasteiger partial charge on any atom is -0.497 e. The standard InChI is InChI=1S/C17H17NO3/c1-20-15-5-2-12(3-6-15)11-18-17(19)14-4-7-16-13(10-14)8-9-21-16/h2-7,10H,8-9,11H2,1H3,(H,18,19). The van der Waals surface area contributed by atoms with E-state index < -0.39 is 0 Å². The molecule has 108 valence electrons. The Morgan fingerprint density at radius 2 is 2.05 bits per heavy atom. The van der Waals surface area contributed by atoms with E-state index in [0.717, 1.165) is 29.0 Å². The van der Waals surface area contributed by atoms with E-state index in [-0.39, 0.29) is 5.91 Å². The summed E-state index contributed by atoms with van der Waals surface area (Å²) in [5, 5.41) is 2.92. The lowest BCUT2D eigenvalue weighted by atomic mass is 10.1. The van der Waals surface area contributed by atoms with E-state index in [1.54, 1.807) is 13.2 Å². The van der Waals surface area contributed by atoms with E-state index >= 15 is 0 Å². The number of benzene rings is 2. The fourth-order valence-electron chi connectivity index (χ4n) is 2.36. The van der Waals surface area contributed by atoms with E-state index in [4.69, 9.17) is 9.47 Å². The van der Waals surface area contributed by atoms with E-state index in [1.165, 1.54) is 0 Å². The monoisotopic (exact) mass is 283 g/mol. The summed E-state index contributed by atoms with van der Waals surface area (Å²) in [7, 11) is 1.63. The van der Waals surface area contributed by atoms with Crippen molar-refractivity contribution in [3.05, 3.63) is 59.2 Å². The van der Waals surface area contributed by atoms with E-state index in [0.29, 0.717) is 18.7 Å². The third-order valence-electron chi connectivity index (χ3n) is 3.56. The van der Waals surface area contributed by atoms with Crippen molar-refractivity contribution in [2.75, 3.05) is 13.7 Å². The molecule has 4 heteroatoms. The molecule has 0 fully saturated rings. The molecule has 2 aromatic rings. The van der Waals surface area contributed by atoms with Gasteiger partial charge in [-0.05, 0) is 41.5 Å². The van der Waals surface area contributed by atoms with Crippen molar-refractivity contribution >= 4 is 5.91 Å². The predicted octanol–water partition coefficient (Wildman–Crippen LogP) is 2.56. The quantitative estimate of drug-likeness (QED) is 0.938. The van der Waals surface area contributed by atoms with Crippen LogP contribution in [-0.2, 0) is 13.0 Å². The fourth-order valence-corrected chi connectivity index (χ4v) is 2.36. The highest BCUT2D eigenvalue weighted by atomic mass is 16.5. The van der Waals surface area contributed by atoms with Gasteiger partial charge in [-0.3, -0.25) is 4.79 Å². The molecule has 0 bridgehead atoms. The Bertz CT molecular complexity index is 650. The minimum absolute atomic E-state index is 0.0690. The molecule has 21 heavy (non-hydrogen) atoms. The maximum absolute atomic E-state index is 12.2. The smallest absolute Gasteiger partial charge is 0.251 e. The van der Waals surface area contributed by atoms with Gasteiger partial charge in [0.1, 0.15) is 11.5 Å². The first-order chi connectivity index (χ1) is 10.3. The number of hydrogen-bond acceptors (Lipinski definition) is 3. The lowest BCUT2D eigenvalue weighted by Gasteiger charge is -2.07. The van der Waals surface area contributed by atoms with E-state index in [1.807, 2.05) is 36.4 Å². The van der Waals surface area contributed by atoms with E-state index in [2.05, 4.69) is 5.32 Å². The molecule has 0 unspecified atom stereocenters. The molecule has 1 amide bonds. The van der Waals surface area contributed by atoms with Gasteiger partial charge in [0.15, 0.2) is 0 Å². The molecule has 0 spiro atoms. The second-order valence-electron chi connectivity index (χ2n) is 4.95. The van der Waals surface area contributed by atoms with Gasteiger partial charge in [-0.1, -0.05) is 12.1 Å². The van der Waals surface area contributed by atoms with Crippen molar-refractivity contribution in [2.45, 2.75) is 13.0 Å². The summed E-state index contributed by atoms with van der Waals surface area (Å²) in [6, 6.07) is 13.2. The topological polar surface area (TPSA) is 47.6 Å². The Labute approximate surface area is 123 Å². The number of ether oxygens (including phenoxy) is 2. The van der Waals surface area contributed by atoms with Crippen molar-refractivity contribution in [1.82, 2.24) is 5.32 Å². The summed E-state index contributed by atoms with van der Waals surface area (Å²) in [6.45, 7) is 1.20. The molecule has 1 aliphatic rings. The van der Waals surface area contributed by atoms with Gasteiger partial charge >= 0.3 is 0 Å². The van der Waals surface area contributed by atoms with Crippen molar-refractivity contribution in [3.8, 4) is 11.5 Å². The Balaban J connectivity index is 1.63. The minimum atomic E-state index is -0.0690. The second kappa shape index (κ2) is 5.87. The predicted molar refractivity (Wildman–Crippen MR) is 79.8 cm³/mol. The third-order valence-corrected chi connectivity index (χ3v) is 3.56. The third kappa shape index (κ3) is 2.99. The summed E-state index contributed by atoms with van der Waals surface area (Å²) in [6.07, 6.45) is 0.870. The van der Waals surface area contributed by atoms with Crippen LogP contribution in [0.1, 0.15) is 21.5 Å². The second-order valence-corrected chi connectivity index (χ2v) is 4.95. The molecule has 0 saturated heterocycles. The molecular weight excluding hydrogens is 266 g/mol. The average molecular weight is 283 g/mol. The number of carbonyl (C=O) groups is 1. The van der Waals surface area contributed by atoms with Crippen molar-refractivity contribution in [1.29, 1.82) is 0 Å². The number of rotatable bonds is 4. The SMILES string of the molecule is COc1ccc(CNC(=O)c2ccc3c(c2)CCO3)cc1. The Morgan fingerprint density at radius 3 is 2.81 bits per heavy atom. The zero-order valence-electron chi connectivity index (χ0n) is 11.9. The lowest BCUT2D eigenvalue weighted by molar-refractivity contribution is 0.0951. The Hall–Kier alpha value is -2.49. The van der Waals surface area contributed by atoms with Crippen LogP contribution in [0.5, 0.6) is 11.5 Å². The molecule has 0 aromatic heterocycles. The van der Waals surface area contributed by atoms with Crippen LogP contribution in [0, 0.1) is 0 Å². The number of nitrogens with one attached hydrogen (secondary N) is 1. The van der Waals surface area contributed by atoms with Crippen LogP contribution in [0.3, 0.4) is 0 Å². The van der Waals surface area contributed by atoms with Crippen molar-refractivity contribution in [3.63, 3.8) is 0 Å². The van der Waals surface area contributed by atoms with Crippen LogP contribution in [-0.4, -0.2) is 19.6 Å². The highest BCUT2D eigenvalue weighted by Gasteiger charge is 2.14. The summed E-state index contributed by atoms with van der Waals surface area (Å²) < 4.78 is 10.5. The van der Waals surface area contributed by atoms with Crippen LogP contribution < -0.4 is 14.8 Å². The van der Waals surface area contributed by atoms with Gasteiger partial charge in [-0.25, -0.2) is 0 Å². The molecule has 3 rings (SSSR count). The summed E-state index contributed by atoms with van der Waals surface area (Å²) >= 11 is 0. The highest BCUT2D eigenvalue weighted by Crippen LogP contribution is 2.25. The first-order valence-electron chi connectivity index (χ1n) is 6.93. The molecule has 0 saturated carbocycles. The molecule has 4 nitrogen and oxygen atoms in total. The first-order valence-corrected chi connectivity index (χ1v) is 6.93. The largest absolute Gasteiger partial charge is 0.497 e. The number of fused-ring (bicyclic) bond motifs is 1.